The van der Waals surface area contributed by atoms with Gasteiger partial charge in [0.25, 0.3) is 0 Å². The monoisotopic (exact) mass is 628 g/mol. The predicted molar refractivity (Wildman–Crippen MR) is 162 cm³/mol. The normalized spacial score (nSPS) is 26.7. The van der Waals surface area contributed by atoms with Crippen LogP contribution in [0, 0.1) is 5.92 Å². The molecule has 2 aliphatic carbocycles. The molecule has 1 amide bonds. The number of rotatable bonds is 6. The molecule has 2 bridgehead atoms. The molecule has 0 radical (unpaired) electrons. The number of likely N-dealkylation sites (tertiary alicyclic amines) is 2. The van der Waals surface area contributed by atoms with Crippen LogP contribution in [0.3, 0.4) is 0 Å². The number of alkyl halides is 3. The summed E-state index contributed by atoms with van der Waals surface area (Å²) in [5, 5.41) is 0. The second-order valence-corrected chi connectivity index (χ2v) is 14.2. The van der Waals surface area contributed by atoms with E-state index in [2.05, 4.69) is 4.90 Å². The smallest absolute Gasteiger partial charge is 0.419 e. The van der Waals surface area contributed by atoms with Gasteiger partial charge in [0.15, 0.2) is 0 Å². The number of carbonyl (C=O) groups excluding carboxylic acids is 2. The topological polar surface area (TPSA) is 68.3 Å². The van der Waals surface area contributed by atoms with E-state index in [-0.39, 0.29) is 18.4 Å². The number of benzene rings is 2. The Morgan fingerprint density at radius 1 is 0.978 bits per heavy atom. The van der Waals surface area contributed by atoms with Crippen LogP contribution in [0.15, 0.2) is 42.5 Å². The third kappa shape index (κ3) is 6.14. The molecule has 2 aliphatic heterocycles. The van der Waals surface area contributed by atoms with E-state index in [1.165, 1.54) is 13.0 Å². The highest BCUT2D eigenvalue weighted by atomic mass is 19.4. The van der Waals surface area contributed by atoms with Gasteiger partial charge in [-0.15, -0.1) is 0 Å². The van der Waals surface area contributed by atoms with Crippen molar-refractivity contribution < 1.29 is 37.0 Å². The van der Waals surface area contributed by atoms with Crippen LogP contribution in [-0.2, 0) is 38.9 Å². The Bertz CT molecular complexity index is 1440. The van der Waals surface area contributed by atoms with Crippen molar-refractivity contribution >= 4 is 12.1 Å². The molecule has 10 heteroatoms. The summed E-state index contributed by atoms with van der Waals surface area (Å²) in [6.45, 7) is 9.02. The average Bonchev–Trinajstić information content (AvgIpc) is 3.78. The quantitative estimate of drug-likeness (QED) is 0.325. The van der Waals surface area contributed by atoms with Crippen LogP contribution in [0.1, 0.15) is 82.1 Å². The number of ether oxygens (including phenoxy) is 3. The molecule has 6 rings (SSSR count). The molecule has 2 aromatic rings. The molecular formula is C35H43F3N2O5. The first kappa shape index (κ1) is 31.7. The maximum atomic E-state index is 14.6. The van der Waals surface area contributed by atoms with Gasteiger partial charge in [-0.05, 0) is 94.2 Å². The predicted octanol–water partition coefficient (Wildman–Crippen LogP) is 6.90. The Morgan fingerprint density at radius 2 is 1.67 bits per heavy atom. The van der Waals surface area contributed by atoms with Crippen molar-refractivity contribution in [2.45, 2.75) is 102 Å². The van der Waals surface area contributed by atoms with Crippen LogP contribution in [0.2, 0.25) is 0 Å². The van der Waals surface area contributed by atoms with Gasteiger partial charge in [0.2, 0.25) is 0 Å². The molecular weight excluding hydrogens is 585 g/mol. The fraction of sp³-hybridized carbons (Fsp3) is 0.600. The Hall–Kier alpha value is -3.27. The lowest BCUT2D eigenvalue weighted by Gasteiger charge is -2.62. The summed E-state index contributed by atoms with van der Waals surface area (Å²) in [6, 6.07) is 11.6. The van der Waals surface area contributed by atoms with Gasteiger partial charge in [0.05, 0.1) is 11.6 Å². The minimum Gasteiger partial charge on any atom is -0.488 e. The highest BCUT2D eigenvalue weighted by Gasteiger charge is 2.67. The molecule has 3 fully saturated rings. The zero-order valence-corrected chi connectivity index (χ0v) is 26.5. The first-order chi connectivity index (χ1) is 21.2. The maximum absolute atomic E-state index is 14.6. The SMILES string of the molecule is CC(=O)OC12CCN(C(=O)OC(C)(C)C)CCC13CCN(CC1CC1)C2Cc1cc(C(F)(F)F)c(OCc2ccccc2)cc13. The summed E-state index contributed by atoms with van der Waals surface area (Å²) >= 11 is 0. The molecule has 3 unspecified atom stereocenters. The van der Waals surface area contributed by atoms with E-state index < -0.39 is 40.4 Å². The van der Waals surface area contributed by atoms with E-state index >= 15 is 0 Å². The van der Waals surface area contributed by atoms with E-state index in [1.807, 2.05) is 51.1 Å². The summed E-state index contributed by atoms with van der Waals surface area (Å²) < 4.78 is 61.9. The summed E-state index contributed by atoms with van der Waals surface area (Å²) in [6.07, 6.45) is -1.14. The molecule has 2 aromatic carbocycles. The first-order valence-electron chi connectivity index (χ1n) is 16.0. The van der Waals surface area contributed by atoms with E-state index in [0.717, 1.165) is 37.1 Å². The molecule has 3 atom stereocenters. The number of carbonyl (C=O) groups is 2. The van der Waals surface area contributed by atoms with Crippen LogP contribution in [0.25, 0.3) is 0 Å². The summed E-state index contributed by atoms with van der Waals surface area (Å²) in [4.78, 5) is 30.3. The fourth-order valence-electron chi connectivity index (χ4n) is 7.94. The van der Waals surface area contributed by atoms with Gasteiger partial charge in [-0.3, -0.25) is 9.69 Å². The van der Waals surface area contributed by atoms with Crippen molar-refractivity contribution in [3.8, 4) is 5.75 Å². The minimum absolute atomic E-state index is 0.0188. The van der Waals surface area contributed by atoms with Crippen molar-refractivity contribution in [3.63, 3.8) is 0 Å². The molecule has 7 nitrogen and oxygen atoms in total. The van der Waals surface area contributed by atoms with Crippen molar-refractivity contribution in [2.75, 3.05) is 26.2 Å². The van der Waals surface area contributed by atoms with E-state index in [9.17, 15) is 22.8 Å². The Morgan fingerprint density at radius 3 is 2.31 bits per heavy atom. The Kier molecular flexibility index (Phi) is 8.11. The second-order valence-electron chi connectivity index (χ2n) is 14.2. The molecule has 1 saturated carbocycles. The molecule has 2 saturated heterocycles. The summed E-state index contributed by atoms with van der Waals surface area (Å²) in [5.41, 5.74) is -1.25. The zero-order chi connectivity index (χ0) is 32.2. The van der Waals surface area contributed by atoms with Gasteiger partial charge in [0, 0.05) is 38.4 Å². The third-order valence-corrected chi connectivity index (χ3v) is 10.0. The van der Waals surface area contributed by atoms with E-state index in [0.29, 0.717) is 50.3 Å². The lowest BCUT2D eigenvalue weighted by Crippen LogP contribution is -2.73. The van der Waals surface area contributed by atoms with Crippen molar-refractivity contribution in [3.05, 3.63) is 64.7 Å². The number of hydrogen-bond acceptors (Lipinski definition) is 6. The Labute approximate surface area is 263 Å². The number of hydrogen-bond donors (Lipinski definition) is 0. The highest BCUT2D eigenvalue weighted by molar-refractivity contribution is 5.69. The van der Waals surface area contributed by atoms with Gasteiger partial charge in [-0.1, -0.05) is 30.3 Å². The zero-order valence-electron chi connectivity index (χ0n) is 26.5. The maximum Gasteiger partial charge on any atom is 0.419 e. The van der Waals surface area contributed by atoms with Gasteiger partial charge < -0.3 is 19.1 Å². The largest absolute Gasteiger partial charge is 0.488 e. The van der Waals surface area contributed by atoms with Gasteiger partial charge >= 0.3 is 18.2 Å². The van der Waals surface area contributed by atoms with Gasteiger partial charge in [0.1, 0.15) is 23.6 Å². The lowest BCUT2D eigenvalue weighted by atomic mass is 9.52. The van der Waals surface area contributed by atoms with Crippen molar-refractivity contribution in [2.24, 2.45) is 5.92 Å². The number of fused-ring (bicyclic) bond motifs is 1. The summed E-state index contributed by atoms with van der Waals surface area (Å²) in [7, 11) is 0. The fourth-order valence-corrected chi connectivity index (χ4v) is 7.94. The summed E-state index contributed by atoms with van der Waals surface area (Å²) in [5.74, 6) is -0.126. The van der Waals surface area contributed by atoms with Crippen LogP contribution in [-0.4, -0.2) is 65.3 Å². The van der Waals surface area contributed by atoms with Crippen molar-refractivity contribution in [1.29, 1.82) is 0 Å². The van der Waals surface area contributed by atoms with Crippen molar-refractivity contribution in [1.82, 2.24) is 9.80 Å². The molecule has 0 N–H and O–H groups in total. The minimum atomic E-state index is -4.62. The van der Waals surface area contributed by atoms with Crippen LogP contribution in [0.4, 0.5) is 18.0 Å². The second kappa shape index (κ2) is 11.5. The molecule has 0 aromatic heterocycles. The number of esters is 1. The number of amides is 1. The van der Waals surface area contributed by atoms with E-state index in [1.54, 1.807) is 11.0 Å². The van der Waals surface area contributed by atoms with Crippen LogP contribution >= 0.6 is 0 Å². The average molecular weight is 629 g/mol. The Balaban J connectivity index is 1.48. The van der Waals surface area contributed by atoms with Gasteiger partial charge in [-0.25, -0.2) is 4.79 Å². The van der Waals surface area contributed by atoms with Crippen LogP contribution in [0.5, 0.6) is 5.75 Å². The molecule has 45 heavy (non-hydrogen) atoms. The molecule has 2 heterocycles. The standard InChI is InChI=1S/C35H43F3N2O5/c1-23(41)44-34-14-17-39(31(42)45-32(2,3)4)15-12-33(34)13-16-40(21-24-10-11-24)30(34)19-26-18-28(35(36,37)38)29(20-27(26)33)43-22-25-8-6-5-7-9-25/h5-9,18,20,24,30H,10-17,19,21-22H2,1-4H3. The number of nitrogens with zero attached hydrogens (tertiary/aromatic N) is 2. The van der Waals surface area contributed by atoms with E-state index in [4.69, 9.17) is 14.2 Å². The number of halogens is 3. The van der Waals surface area contributed by atoms with Crippen LogP contribution < -0.4 is 4.74 Å². The van der Waals surface area contributed by atoms with Gasteiger partial charge in [-0.2, -0.15) is 13.2 Å². The highest BCUT2D eigenvalue weighted by Crippen LogP contribution is 2.59. The lowest BCUT2D eigenvalue weighted by molar-refractivity contribution is -0.196. The molecule has 244 valence electrons. The molecule has 4 aliphatic rings. The third-order valence-electron chi connectivity index (χ3n) is 10.0. The molecule has 0 spiro atoms. The number of piperidine rings is 1. The first-order valence-corrected chi connectivity index (χ1v) is 16.0.